The summed E-state index contributed by atoms with van der Waals surface area (Å²) in [7, 11) is 0. The van der Waals surface area contributed by atoms with Gasteiger partial charge in [-0.15, -0.1) is 0 Å². The van der Waals surface area contributed by atoms with Gasteiger partial charge in [-0.2, -0.15) is 0 Å². The second kappa shape index (κ2) is 4.89. The number of rotatable bonds is 2. The summed E-state index contributed by atoms with van der Waals surface area (Å²) >= 11 is 0. The molecule has 1 saturated heterocycles. The topological polar surface area (TPSA) is 35.2 Å². The minimum absolute atomic E-state index is 0.0400. The maximum Gasteiger partial charge on any atom is 0.129 e. The van der Waals surface area contributed by atoms with Crippen molar-refractivity contribution in [2.24, 2.45) is 11.7 Å². The lowest BCUT2D eigenvalue weighted by atomic mass is 9.90. The zero-order valence-corrected chi connectivity index (χ0v) is 8.96. The summed E-state index contributed by atoms with van der Waals surface area (Å²) in [6.07, 6.45) is 1.31. The molecule has 0 aliphatic carbocycles. The van der Waals surface area contributed by atoms with Gasteiger partial charge in [-0.05, 0) is 24.5 Å². The highest BCUT2D eigenvalue weighted by Gasteiger charge is 2.23. The van der Waals surface area contributed by atoms with Crippen LogP contribution in [0.2, 0.25) is 0 Å². The molecule has 0 bridgehead atoms. The fourth-order valence-corrected chi connectivity index (χ4v) is 1.99. The van der Waals surface area contributed by atoms with Crippen LogP contribution < -0.4 is 5.73 Å². The Morgan fingerprint density at radius 3 is 2.88 bits per heavy atom. The monoisotopic (exact) mass is 227 g/mol. The SMILES string of the molecule is NC1CCOCC1Cc1ccc(F)cc1F. The lowest BCUT2D eigenvalue weighted by Crippen LogP contribution is -2.39. The van der Waals surface area contributed by atoms with E-state index in [1.807, 2.05) is 0 Å². The average Bonchev–Trinajstić information content (AvgIpc) is 2.25. The molecule has 1 fully saturated rings. The molecular formula is C12H15F2NO. The summed E-state index contributed by atoms with van der Waals surface area (Å²) in [6.45, 7) is 1.22. The average molecular weight is 227 g/mol. The molecule has 1 aliphatic rings. The van der Waals surface area contributed by atoms with Crippen molar-refractivity contribution in [2.75, 3.05) is 13.2 Å². The van der Waals surface area contributed by atoms with Crippen molar-refractivity contribution in [1.82, 2.24) is 0 Å². The maximum absolute atomic E-state index is 13.4. The lowest BCUT2D eigenvalue weighted by molar-refractivity contribution is 0.0419. The Morgan fingerprint density at radius 1 is 1.38 bits per heavy atom. The minimum Gasteiger partial charge on any atom is -0.381 e. The molecule has 0 aromatic heterocycles. The summed E-state index contributed by atoms with van der Waals surface area (Å²) in [6, 6.07) is 3.70. The quantitative estimate of drug-likeness (QED) is 0.837. The van der Waals surface area contributed by atoms with E-state index in [2.05, 4.69) is 0 Å². The summed E-state index contributed by atoms with van der Waals surface area (Å²) in [5.41, 5.74) is 6.44. The van der Waals surface area contributed by atoms with Crippen LogP contribution in [0.15, 0.2) is 18.2 Å². The van der Waals surface area contributed by atoms with Gasteiger partial charge in [0, 0.05) is 24.6 Å². The number of hydrogen-bond donors (Lipinski definition) is 1. The van der Waals surface area contributed by atoms with Gasteiger partial charge in [0.2, 0.25) is 0 Å². The second-order valence-corrected chi connectivity index (χ2v) is 4.23. The van der Waals surface area contributed by atoms with E-state index in [9.17, 15) is 8.78 Å². The second-order valence-electron chi connectivity index (χ2n) is 4.23. The van der Waals surface area contributed by atoms with Gasteiger partial charge in [-0.25, -0.2) is 8.78 Å². The van der Waals surface area contributed by atoms with E-state index in [0.717, 1.165) is 12.5 Å². The van der Waals surface area contributed by atoms with Crippen molar-refractivity contribution < 1.29 is 13.5 Å². The maximum atomic E-state index is 13.4. The Hall–Kier alpha value is -1.00. The van der Waals surface area contributed by atoms with Gasteiger partial charge < -0.3 is 10.5 Å². The van der Waals surface area contributed by atoms with Crippen molar-refractivity contribution in [3.8, 4) is 0 Å². The van der Waals surface area contributed by atoms with Gasteiger partial charge in [0.1, 0.15) is 11.6 Å². The first kappa shape index (κ1) is 11.5. The van der Waals surface area contributed by atoms with E-state index >= 15 is 0 Å². The molecule has 0 radical (unpaired) electrons. The van der Waals surface area contributed by atoms with Crippen molar-refractivity contribution >= 4 is 0 Å². The molecule has 88 valence electrons. The zero-order chi connectivity index (χ0) is 11.5. The molecule has 2 unspecified atom stereocenters. The Kier molecular flexibility index (Phi) is 3.51. The number of ether oxygens (including phenoxy) is 1. The number of benzene rings is 1. The van der Waals surface area contributed by atoms with Crippen molar-refractivity contribution in [3.05, 3.63) is 35.4 Å². The van der Waals surface area contributed by atoms with Crippen molar-refractivity contribution in [1.29, 1.82) is 0 Å². The molecule has 2 N–H and O–H groups in total. The first-order chi connectivity index (χ1) is 7.66. The van der Waals surface area contributed by atoms with Crippen LogP contribution in [0.4, 0.5) is 8.78 Å². The van der Waals surface area contributed by atoms with E-state index in [4.69, 9.17) is 10.5 Å². The Labute approximate surface area is 93.4 Å². The number of nitrogens with two attached hydrogens (primary N) is 1. The predicted octanol–water partition coefficient (Wildman–Crippen LogP) is 1.87. The summed E-state index contributed by atoms with van der Waals surface area (Å²) < 4.78 is 31.4. The van der Waals surface area contributed by atoms with Gasteiger partial charge >= 0.3 is 0 Å². The molecule has 16 heavy (non-hydrogen) atoms. The van der Waals surface area contributed by atoms with Crippen LogP contribution in [-0.4, -0.2) is 19.3 Å². The van der Waals surface area contributed by atoms with Crippen LogP contribution in [0.1, 0.15) is 12.0 Å². The number of halogens is 2. The Bertz CT molecular complexity index is 370. The van der Waals surface area contributed by atoms with Gasteiger partial charge in [0.25, 0.3) is 0 Å². The van der Waals surface area contributed by atoms with E-state index in [1.165, 1.54) is 12.1 Å². The molecular weight excluding hydrogens is 212 g/mol. The first-order valence-corrected chi connectivity index (χ1v) is 5.44. The number of hydrogen-bond acceptors (Lipinski definition) is 2. The van der Waals surface area contributed by atoms with Crippen LogP contribution in [0, 0.1) is 17.6 Å². The standard InChI is InChI=1S/C12H15F2NO/c13-10-2-1-8(11(14)6-10)5-9-7-16-4-3-12(9)15/h1-2,6,9,12H,3-5,7,15H2. The third kappa shape index (κ3) is 2.57. The fourth-order valence-electron chi connectivity index (χ4n) is 1.99. The van der Waals surface area contributed by atoms with Gasteiger partial charge in [0.15, 0.2) is 0 Å². The van der Waals surface area contributed by atoms with Crippen molar-refractivity contribution in [3.63, 3.8) is 0 Å². The minimum atomic E-state index is -0.551. The van der Waals surface area contributed by atoms with Crippen LogP contribution >= 0.6 is 0 Å². The van der Waals surface area contributed by atoms with E-state index < -0.39 is 11.6 Å². The normalized spacial score (nSPS) is 25.7. The Balaban J connectivity index is 2.07. The molecule has 2 atom stereocenters. The zero-order valence-electron chi connectivity index (χ0n) is 8.96. The van der Waals surface area contributed by atoms with Crippen LogP contribution in [0.25, 0.3) is 0 Å². The van der Waals surface area contributed by atoms with Gasteiger partial charge in [-0.3, -0.25) is 0 Å². The van der Waals surface area contributed by atoms with Crippen LogP contribution in [0.5, 0.6) is 0 Å². The molecule has 1 heterocycles. The molecule has 1 aliphatic heterocycles. The molecule has 0 saturated carbocycles. The highest BCUT2D eigenvalue weighted by molar-refractivity contribution is 5.19. The summed E-state index contributed by atoms with van der Waals surface area (Å²) in [4.78, 5) is 0. The highest BCUT2D eigenvalue weighted by Crippen LogP contribution is 2.20. The molecule has 0 spiro atoms. The molecule has 2 nitrogen and oxygen atoms in total. The van der Waals surface area contributed by atoms with E-state index in [0.29, 0.717) is 25.2 Å². The summed E-state index contributed by atoms with van der Waals surface area (Å²) in [5, 5.41) is 0. The largest absolute Gasteiger partial charge is 0.381 e. The molecule has 2 rings (SSSR count). The smallest absolute Gasteiger partial charge is 0.129 e. The van der Waals surface area contributed by atoms with E-state index in [-0.39, 0.29) is 12.0 Å². The molecule has 1 aromatic rings. The third-order valence-corrected chi connectivity index (χ3v) is 3.03. The van der Waals surface area contributed by atoms with Crippen LogP contribution in [-0.2, 0) is 11.2 Å². The first-order valence-electron chi connectivity index (χ1n) is 5.44. The van der Waals surface area contributed by atoms with Gasteiger partial charge in [-0.1, -0.05) is 6.07 Å². The van der Waals surface area contributed by atoms with Crippen LogP contribution in [0.3, 0.4) is 0 Å². The predicted molar refractivity (Wildman–Crippen MR) is 57.0 cm³/mol. The lowest BCUT2D eigenvalue weighted by Gasteiger charge is -2.28. The summed E-state index contributed by atoms with van der Waals surface area (Å²) in [5.74, 6) is -0.933. The molecule has 1 aromatic carbocycles. The molecule has 0 amide bonds. The Morgan fingerprint density at radius 2 is 2.19 bits per heavy atom. The fraction of sp³-hybridized carbons (Fsp3) is 0.500. The highest BCUT2D eigenvalue weighted by atomic mass is 19.1. The van der Waals surface area contributed by atoms with E-state index in [1.54, 1.807) is 0 Å². The van der Waals surface area contributed by atoms with Gasteiger partial charge in [0.05, 0.1) is 6.61 Å². The van der Waals surface area contributed by atoms with Crippen molar-refractivity contribution in [2.45, 2.75) is 18.9 Å². The molecule has 4 heteroatoms. The third-order valence-electron chi connectivity index (χ3n) is 3.03.